The summed E-state index contributed by atoms with van der Waals surface area (Å²) in [4.78, 5) is 39.0. The summed E-state index contributed by atoms with van der Waals surface area (Å²) in [6.07, 6.45) is -0.836. The Hall–Kier alpha value is -3.15. The molecule has 1 aliphatic rings. The topological polar surface area (TPSA) is 72.9 Å². The van der Waals surface area contributed by atoms with Crippen LogP contribution in [0.5, 0.6) is 5.75 Å². The number of ether oxygens (including phenoxy) is 2. The summed E-state index contributed by atoms with van der Waals surface area (Å²) >= 11 is 0. The Kier molecular flexibility index (Phi) is 6.32. The normalized spacial score (nSPS) is 17.1. The maximum atomic E-state index is 12.5. The maximum absolute atomic E-state index is 12.5. The second-order valence-corrected chi connectivity index (χ2v) is 7.14. The summed E-state index contributed by atoms with van der Waals surface area (Å²) in [5, 5.41) is 0. The second kappa shape index (κ2) is 8.90. The van der Waals surface area contributed by atoms with E-state index in [0.717, 1.165) is 11.3 Å². The van der Waals surface area contributed by atoms with Crippen LogP contribution in [0.1, 0.15) is 36.2 Å². The number of carbonyl (C=O) groups excluding carboxylic acids is 3. The van der Waals surface area contributed by atoms with E-state index in [4.69, 9.17) is 9.47 Å². The smallest absolute Gasteiger partial charge is 0.312 e. The zero-order valence-electron chi connectivity index (χ0n) is 16.9. The second-order valence-electron chi connectivity index (χ2n) is 7.14. The van der Waals surface area contributed by atoms with E-state index in [1.165, 1.54) is 0 Å². The number of hydrogen-bond donors (Lipinski definition) is 0. The van der Waals surface area contributed by atoms with Gasteiger partial charge in [-0.25, -0.2) is 0 Å². The number of hydrogen-bond acceptors (Lipinski definition) is 5. The fourth-order valence-electron chi connectivity index (χ4n) is 3.28. The number of amides is 1. The van der Waals surface area contributed by atoms with Crippen LogP contribution in [-0.2, 0) is 14.3 Å². The average molecular weight is 395 g/mol. The Morgan fingerprint density at radius 3 is 2.38 bits per heavy atom. The number of nitrogens with zero attached hydrogens (tertiary/aromatic N) is 1. The summed E-state index contributed by atoms with van der Waals surface area (Å²) in [5.41, 5.74) is 2.25. The average Bonchev–Trinajstić information content (AvgIpc) is 3.10. The van der Waals surface area contributed by atoms with Crippen LogP contribution >= 0.6 is 0 Å². The summed E-state index contributed by atoms with van der Waals surface area (Å²) in [5.74, 6) is -0.802. The molecule has 1 aliphatic heterocycles. The molecular weight excluding hydrogens is 370 g/mol. The van der Waals surface area contributed by atoms with E-state index < -0.39 is 18.0 Å². The van der Waals surface area contributed by atoms with Gasteiger partial charge < -0.3 is 14.4 Å². The van der Waals surface area contributed by atoms with Crippen molar-refractivity contribution in [3.05, 3.63) is 59.7 Å². The van der Waals surface area contributed by atoms with Gasteiger partial charge in [0.05, 0.1) is 12.5 Å². The van der Waals surface area contributed by atoms with Crippen molar-refractivity contribution in [1.29, 1.82) is 0 Å². The first-order valence-corrected chi connectivity index (χ1v) is 9.73. The molecule has 0 unspecified atom stereocenters. The Labute approximate surface area is 170 Å². The van der Waals surface area contributed by atoms with Crippen molar-refractivity contribution in [2.75, 3.05) is 18.1 Å². The molecule has 2 aromatic rings. The largest absolute Gasteiger partial charge is 0.494 e. The minimum Gasteiger partial charge on any atom is -0.494 e. The fraction of sp³-hybridized carbons (Fsp3) is 0.348. The summed E-state index contributed by atoms with van der Waals surface area (Å²) in [6.45, 7) is 6.19. The molecule has 6 heteroatoms. The molecule has 2 atom stereocenters. The van der Waals surface area contributed by atoms with Crippen LogP contribution in [0.3, 0.4) is 0 Å². The van der Waals surface area contributed by atoms with Gasteiger partial charge in [0.2, 0.25) is 11.7 Å². The van der Waals surface area contributed by atoms with E-state index in [0.29, 0.717) is 17.9 Å². The highest BCUT2D eigenvalue weighted by atomic mass is 16.5. The van der Waals surface area contributed by atoms with E-state index in [-0.39, 0.29) is 24.7 Å². The van der Waals surface area contributed by atoms with E-state index in [9.17, 15) is 14.4 Å². The molecule has 0 aliphatic carbocycles. The summed E-state index contributed by atoms with van der Waals surface area (Å²) < 4.78 is 10.8. The van der Waals surface area contributed by atoms with Crippen molar-refractivity contribution < 1.29 is 23.9 Å². The van der Waals surface area contributed by atoms with Crippen molar-refractivity contribution in [3.8, 4) is 5.75 Å². The van der Waals surface area contributed by atoms with Gasteiger partial charge in [0.1, 0.15) is 5.75 Å². The molecule has 1 heterocycles. The van der Waals surface area contributed by atoms with Gasteiger partial charge >= 0.3 is 5.97 Å². The summed E-state index contributed by atoms with van der Waals surface area (Å²) in [6, 6.07) is 14.3. The van der Waals surface area contributed by atoms with Crippen LogP contribution < -0.4 is 9.64 Å². The van der Waals surface area contributed by atoms with Gasteiger partial charge in [0.15, 0.2) is 6.10 Å². The number of carbonyl (C=O) groups is 3. The standard InChI is InChI=1S/C23H25NO5/c1-4-28-20-11-9-19(10-12-20)24-14-18(13-21(24)25)23(27)29-16(3)22(26)17-7-5-15(2)6-8-17/h5-12,16,18H,4,13-14H2,1-3H3/t16-,18-/m0/s1. The fourth-order valence-corrected chi connectivity index (χ4v) is 3.28. The molecule has 0 radical (unpaired) electrons. The minimum absolute atomic E-state index is 0.0670. The molecule has 152 valence electrons. The van der Waals surface area contributed by atoms with Crippen molar-refractivity contribution in [1.82, 2.24) is 0 Å². The van der Waals surface area contributed by atoms with E-state index in [1.807, 2.05) is 26.0 Å². The van der Waals surface area contributed by atoms with Gasteiger partial charge in [0, 0.05) is 24.2 Å². The van der Waals surface area contributed by atoms with Gasteiger partial charge in [-0.05, 0) is 45.0 Å². The molecule has 0 bridgehead atoms. The number of benzene rings is 2. The van der Waals surface area contributed by atoms with Gasteiger partial charge in [-0.1, -0.05) is 29.8 Å². The predicted octanol–water partition coefficient (Wildman–Crippen LogP) is 3.56. The van der Waals surface area contributed by atoms with Crippen molar-refractivity contribution >= 4 is 23.3 Å². The van der Waals surface area contributed by atoms with Crippen LogP contribution in [0, 0.1) is 12.8 Å². The lowest BCUT2D eigenvalue weighted by molar-refractivity contribution is -0.151. The monoisotopic (exact) mass is 395 g/mol. The number of rotatable bonds is 7. The molecule has 1 saturated heterocycles. The Bertz CT molecular complexity index is 888. The maximum Gasteiger partial charge on any atom is 0.312 e. The van der Waals surface area contributed by atoms with E-state index >= 15 is 0 Å². The zero-order valence-corrected chi connectivity index (χ0v) is 16.9. The van der Waals surface area contributed by atoms with Crippen LogP contribution in [0.25, 0.3) is 0 Å². The van der Waals surface area contributed by atoms with Crippen molar-refractivity contribution in [2.24, 2.45) is 5.92 Å². The Morgan fingerprint density at radius 2 is 1.76 bits per heavy atom. The molecule has 0 aromatic heterocycles. The van der Waals surface area contributed by atoms with Gasteiger partial charge in [-0.3, -0.25) is 14.4 Å². The third kappa shape index (κ3) is 4.83. The first-order chi connectivity index (χ1) is 13.9. The molecular formula is C23H25NO5. The number of Topliss-reactive ketones (excluding diaryl/α,β-unsaturated/α-hetero) is 1. The zero-order chi connectivity index (χ0) is 21.0. The Morgan fingerprint density at radius 1 is 1.10 bits per heavy atom. The van der Waals surface area contributed by atoms with Crippen molar-refractivity contribution in [2.45, 2.75) is 33.3 Å². The molecule has 0 N–H and O–H groups in total. The third-order valence-electron chi connectivity index (χ3n) is 4.92. The first-order valence-electron chi connectivity index (χ1n) is 9.73. The van der Waals surface area contributed by atoms with E-state index in [2.05, 4.69) is 0 Å². The SMILES string of the molecule is CCOc1ccc(N2C[C@@H](C(=O)O[C@@H](C)C(=O)c3ccc(C)cc3)CC2=O)cc1. The molecule has 0 spiro atoms. The Balaban J connectivity index is 1.60. The number of ketones is 1. The molecule has 29 heavy (non-hydrogen) atoms. The highest BCUT2D eigenvalue weighted by molar-refractivity contribution is 6.02. The third-order valence-corrected chi connectivity index (χ3v) is 4.92. The molecule has 3 rings (SSSR count). The van der Waals surface area contributed by atoms with E-state index in [1.54, 1.807) is 48.2 Å². The molecule has 1 fully saturated rings. The number of esters is 1. The number of anilines is 1. The van der Waals surface area contributed by atoms with Crippen LogP contribution in [0.4, 0.5) is 5.69 Å². The lowest BCUT2D eigenvalue weighted by atomic mass is 10.1. The van der Waals surface area contributed by atoms with Crippen molar-refractivity contribution in [3.63, 3.8) is 0 Å². The van der Waals surface area contributed by atoms with Gasteiger partial charge in [-0.2, -0.15) is 0 Å². The molecule has 0 saturated carbocycles. The molecule has 1 amide bonds. The highest BCUT2D eigenvalue weighted by Gasteiger charge is 2.37. The van der Waals surface area contributed by atoms with Crippen LogP contribution in [-0.4, -0.2) is 36.9 Å². The minimum atomic E-state index is -0.903. The molecule has 6 nitrogen and oxygen atoms in total. The van der Waals surface area contributed by atoms with Gasteiger partial charge in [-0.15, -0.1) is 0 Å². The lowest BCUT2D eigenvalue weighted by Crippen LogP contribution is -2.30. The lowest BCUT2D eigenvalue weighted by Gasteiger charge is -2.18. The predicted molar refractivity (Wildman–Crippen MR) is 109 cm³/mol. The van der Waals surface area contributed by atoms with Crippen LogP contribution in [0.15, 0.2) is 48.5 Å². The molecule has 2 aromatic carbocycles. The quantitative estimate of drug-likeness (QED) is 0.529. The highest BCUT2D eigenvalue weighted by Crippen LogP contribution is 2.28. The van der Waals surface area contributed by atoms with Crippen LogP contribution in [0.2, 0.25) is 0 Å². The number of aryl methyl sites for hydroxylation is 1. The first kappa shape index (κ1) is 20.6. The summed E-state index contributed by atoms with van der Waals surface area (Å²) in [7, 11) is 0. The van der Waals surface area contributed by atoms with Gasteiger partial charge in [0.25, 0.3) is 0 Å².